The number of carbonyl (C=O) groups excluding carboxylic acids is 1. The molecule has 0 aliphatic heterocycles. The first-order valence-corrected chi connectivity index (χ1v) is 9.51. The number of amides is 1. The van der Waals surface area contributed by atoms with Crippen LogP contribution in [-0.2, 0) is 11.3 Å². The molecule has 0 saturated carbocycles. The lowest BCUT2D eigenvalue weighted by molar-refractivity contribution is -0.116. The highest BCUT2D eigenvalue weighted by Gasteiger charge is 2.09. The molecule has 3 aromatic heterocycles. The van der Waals surface area contributed by atoms with Gasteiger partial charge in [0.25, 0.3) is 0 Å². The van der Waals surface area contributed by atoms with Gasteiger partial charge in [-0.1, -0.05) is 30.3 Å². The molecule has 132 valence electrons. The Morgan fingerprint density at radius 3 is 2.93 bits per heavy atom. The highest BCUT2D eigenvalue weighted by Crippen LogP contribution is 2.24. The van der Waals surface area contributed by atoms with Gasteiger partial charge in [-0.2, -0.15) is 0 Å². The Balaban J connectivity index is 1.36. The molecule has 1 amide bonds. The van der Waals surface area contributed by atoms with Crippen LogP contribution in [0.1, 0.15) is 0 Å². The third kappa shape index (κ3) is 3.00. The van der Waals surface area contributed by atoms with Crippen molar-refractivity contribution in [1.82, 2.24) is 14.0 Å². The number of nitrogens with one attached hydrogen (secondary N) is 1. The van der Waals surface area contributed by atoms with Crippen LogP contribution in [0.25, 0.3) is 27.1 Å². The molecule has 0 aliphatic carbocycles. The van der Waals surface area contributed by atoms with Crippen molar-refractivity contribution in [3.8, 4) is 11.3 Å². The van der Waals surface area contributed by atoms with Crippen molar-refractivity contribution in [3.63, 3.8) is 0 Å². The monoisotopic (exact) mass is 372 g/mol. The molecule has 0 radical (unpaired) electrons. The van der Waals surface area contributed by atoms with Crippen LogP contribution in [0.2, 0.25) is 0 Å². The van der Waals surface area contributed by atoms with E-state index in [0.29, 0.717) is 0 Å². The Morgan fingerprint density at radius 2 is 2.00 bits per heavy atom. The number of fused-ring (bicyclic) bond motifs is 2. The summed E-state index contributed by atoms with van der Waals surface area (Å²) < 4.78 is 3.96. The van der Waals surface area contributed by atoms with E-state index in [9.17, 15) is 4.79 Å². The second-order valence-corrected chi connectivity index (χ2v) is 7.22. The first-order valence-electron chi connectivity index (χ1n) is 8.63. The highest BCUT2D eigenvalue weighted by atomic mass is 32.1. The van der Waals surface area contributed by atoms with E-state index in [0.717, 1.165) is 32.8 Å². The number of anilines is 1. The number of para-hydroxylation sites is 1. The van der Waals surface area contributed by atoms with Crippen LogP contribution >= 0.6 is 11.3 Å². The molecular formula is C21H16N4OS. The van der Waals surface area contributed by atoms with Gasteiger partial charge in [-0.15, -0.1) is 11.3 Å². The first kappa shape index (κ1) is 15.8. The Bertz CT molecular complexity index is 1230. The summed E-state index contributed by atoms with van der Waals surface area (Å²) in [5.41, 5.74) is 3.70. The molecule has 0 spiro atoms. The van der Waals surface area contributed by atoms with Gasteiger partial charge in [0.05, 0.1) is 5.69 Å². The van der Waals surface area contributed by atoms with Gasteiger partial charge in [-0.3, -0.25) is 9.20 Å². The maximum absolute atomic E-state index is 12.5. The van der Waals surface area contributed by atoms with Crippen molar-refractivity contribution in [2.24, 2.45) is 0 Å². The number of hydrogen-bond acceptors (Lipinski definition) is 3. The molecule has 3 heterocycles. The van der Waals surface area contributed by atoms with Crippen LogP contribution in [0.4, 0.5) is 5.69 Å². The molecule has 1 N–H and O–H groups in total. The molecule has 0 aliphatic rings. The smallest absolute Gasteiger partial charge is 0.244 e. The number of carbonyl (C=O) groups is 1. The summed E-state index contributed by atoms with van der Waals surface area (Å²) in [6.45, 7) is 0.276. The summed E-state index contributed by atoms with van der Waals surface area (Å²) in [5, 5.41) is 6.13. The summed E-state index contributed by atoms with van der Waals surface area (Å²) >= 11 is 1.60. The Kier molecular flexibility index (Phi) is 3.76. The minimum Gasteiger partial charge on any atom is -0.338 e. The fourth-order valence-electron chi connectivity index (χ4n) is 3.26. The number of benzene rings is 2. The summed E-state index contributed by atoms with van der Waals surface area (Å²) in [6.07, 6.45) is 5.93. The number of rotatable bonds is 4. The van der Waals surface area contributed by atoms with Gasteiger partial charge in [0.2, 0.25) is 5.91 Å². The third-order valence-corrected chi connectivity index (χ3v) is 5.30. The average Bonchev–Trinajstić information content (AvgIpc) is 3.37. The molecule has 27 heavy (non-hydrogen) atoms. The molecule has 0 unspecified atom stereocenters. The maximum atomic E-state index is 12.5. The molecule has 5 aromatic rings. The normalized spacial score (nSPS) is 11.3. The lowest BCUT2D eigenvalue weighted by Crippen LogP contribution is -2.18. The predicted molar refractivity (Wildman–Crippen MR) is 109 cm³/mol. The summed E-state index contributed by atoms with van der Waals surface area (Å²) in [4.78, 5) is 18.1. The van der Waals surface area contributed by atoms with Gasteiger partial charge in [0, 0.05) is 40.7 Å². The second-order valence-electron chi connectivity index (χ2n) is 6.35. The molecule has 2 aromatic carbocycles. The molecule has 5 rings (SSSR count). The van der Waals surface area contributed by atoms with E-state index in [2.05, 4.69) is 10.3 Å². The second kappa shape index (κ2) is 6.41. The Hall–Kier alpha value is -3.38. The molecule has 0 atom stereocenters. The zero-order valence-corrected chi connectivity index (χ0v) is 15.2. The van der Waals surface area contributed by atoms with E-state index in [1.165, 1.54) is 0 Å². The number of nitrogens with zero attached hydrogens (tertiary/aromatic N) is 3. The van der Waals surface area contributed by atoms with Crippen LogP contribution in [0.3, 0.4) is 0 Å². The van der Waals surface area contributed by atoms with Crippen LogP contribution in [0.15, 0.2) is 78.6 Å². The van der Waals surface area contributed by atoms with E-state index >= 15 is 0 Å². The maximum Gasteiger partial charge on any atom is 0.244 e. The zero-order valence-electron chi connectivity index (χ0n) is 14.4. The minimum absolute atomic E-state index is 0.0562. The largest absolute Gasteiger partial charge is 0.338 e. The van der Waals surface area contributed by atoms with Crippen molar-refractivity contribution in [1.29, 1.82) is 0 Å². The predicted octanol–water partition coefficient (Wildman–Crippen LogP) is 4.66. The number of aromatic nitrogens is 3. The molecule has 0 bridgehead atoms. The van der Waals surface area contributed by atoms with Crippen LogP contribution in [0, 0.1) is 0 Å². The summed E-state index contributed by atoms with van der Waals surface area (Å²) in [7, 11) is 0. The number of thiazole rings is 1. The van der Waals surface area contributed by atoms with Gasteiger partial charge >= 0.3 is 0 Å². The summed E-state index contributed by atoms with van der Waals surface area (Å²) in [6, 6.07) is 17.9. The highest BCUT2D eigenvalue weighted by molar-refractivity contribution is 7.15. The van der Waals surface area contributed by atoms with E-state index in [4.69, 9.17) is 0 Å². The third-order valence-electron chi connectivity index (χ3n) is 4.53. The molecule has 6 heteroatoms. The van der Waals surface area contributed by atoms with E-state index in [-0.39, 0.29) is 12.5 Å². The van der Waals surface area contributed by atoms with Crippen molar-refractivity contribution < 1.29 is 4.79 Å². The zero-order chi connectivity index (χ0) is 18.2. The van der Waals surface area contributed by atoms with E-state index < -0.39 is 0 Å². The SMILES string of the molecule is O=C(Cn1ccc2ccccc21)Nc1cccc(-c2cn3ccsc3n2)c1. The van der Waals surface area contributed by atoms with E-state index in [1.54, 1.807) is 11.3 Å². The van der Waals surface area contributed by atoms with Crippen LogP contribution in [-0.4, -0.2) is 19.9 Å². The van der Waals surface area contributed by atoms with Gasteiger partial charge in [0.15, 0.2) is 4.96 Å². The number of imidazole rings is 1. The van der Waals surface area contributed by atoms with Crippen molar-refractivity contribution >= 4 is 38.8 Å². The lowest BCUT2D eigenvalue weighted by atomic mass is 10.1. The fourth-order valence-corrected chi connectivity index (χ4v) is 3.96. The number of hydrogen-bond donors (Lipinski definition) is 1. The molecule has 5 nitrogen and oxygen atoms in total. The molecule has 0 saturated heterocycles. The molecule has 0 fully saturated rings. The Labute approximate surface area is 159 Å². The van der Waals surface area contributed by atoms with Crippen molar-refractivity contribution in [3.05, 3.63) is 78.6 Å². The van der Waals surface area contributed by atoms with E-state index in [1.807, 2.05) is 87.5 Å². The molecular weight excluding hydrogens is 356 g/mol. The van der Waals surface area contributed by atoms with Gasteiger partial charge in [-0.05, 0) is 29.7 Å². The summed E-state index contributed by atoms with van der Waals surface area (Å²) in [5.74, 6) is -0.0562. The van der Waals surface area contributed by atoms with Crippen LogP contribution in [0.5, 0.6) is 0 Å². The van der Waals surface area contributed by atoms with Gasteiger partial charge in [0.1, 0.15) is 6.54 Å². The average molecular weight is 372 g/mol. The first-order chi connectivity index (χ1) is 13.3. The van der Waals surface area contributed by atoms with Crippen molar-refractivity contribution in [2.75, 3.05) is 5.32 Å². The van der Waals surface area contributed by atoms with Crippen molar-refractivity contribution in [2.45, 2.75) is 6.54 Å². The fraction of sp³-hybridized carbons (Fsp3) is 0.0476. The minimum atomic E-state index is -0.0562. The quantitative estimate of drug-likeness (QED) is 0.499. The standard InChI is InChI=1S/C21H16N4OS/c26-20(14-24-9-8-15-4-1-2-7-19(15)24)22-17-6-3-5-16(12-17)18-13-25-10-11-27-21(25)23-18/h1-13H,14H2,(H,22,26). The van der Waals surface area contributed by atoms with Gasteiger partial charge < -0.3 is 9.88 Å². The van der Waals surface area contributed by atoms with Gasteiger partial charge in [-0.25, -0.2) is 4.98 Å². The topological polar surface area (TPSA) is 51.3 Å². The lowest BCUT2D eigenvalue weighted by Gasteiger charge is -2.08. The Morgan fingerprint density at radius 1 is 1.07 bits per heavy atom. The van der Waals surface area contributed by atoms with Crippen LogP contribution < -0.4 is 5.32 Å².